The first-order chi connectivity index (χ1) is 10.3. The maximum absolute atomic E-state index is 12.3. The number of nitrogens with zero attached hydrogens (tertiary/aromatic N) is 1. The molecular weight excluding hydrogens is 284 g/mol. The van der Waals surface area contributed by atoms with Crippen molar-refractivity contribution in [3.05, 3.63) is 29.6 Å². The normalized spacial score (nSPS) is 13.2. The lowest BCUT2D eigenvalue weighted by Gasteiger charge is -2.14. The second-order valence-electron chi connectivity index (χ2n) is 6.16. The molecule has 0 saturated heterocycles. The van der Waals surface area contributed by atoms with Crippen LogP contribution < -0.4 is 20.5 Å². The topological polar surface area (TPSA) is 102 Å². The lowest BCUT2D eigenvalue weighted by Crippen LogP contribution is -2.14. The van der Waals surface area contributed by atoms with Crippen molar-refractivity contribution in [3.63, 3.8) is 0 Å². The van der Waals surface area contributed by atoms with Crippen LogP contribution >= 0.6 is 0 Å². The molecule has 2 aromatic rings. The molecule has 0 spiro atoms. The fourth-order valence-corrected chi connectivity index (χ4v) is 2.07. The summed E-state index contributed by atoms with van der Waals surface area (Å²) in [6.45, 7) is 6.27. The molecule has 7 heteroatoms. The zero-order chi connectivity index (χ0) is 15.9. The van der Waals surface area contributed by atoms with Gasteiger partial charge in [-0.15, -0.1) is 0 Å². The van der Waals surface area contributed by atoms with E-state index < -0.39 is 0 Å². The van der Waals surface area contributed by atoms with Crippen molar-refractivity contribution < 1.29 is 14.3 Å². The molecule has 1 aromatic carbocycles. The molecule has 1 aromatic heterocycles. The Bertz CT molecular complexity index is 731. The Balaban J connectivity index is 1.81. The van der Waals surface area contributed by atoms with Crippen molar-refractivity contribution in [1.29, 1.82) is 0 Å². The summed E-state index contributed by atoms with van der Waals surface area (Å²) in [6.07, 6.45) is 0. The predicted molar refractivity (Wildman–Crippen MR) is 82.2 cm³/mol. The van der Waals surface area contributed by atoms with E-state index >= 15 is 0 Å². The van der Waals surface area contributed by atoms with Gasteiger partial charge in [-0.05, 0) is 6.07 Å². The number of aromatic amines is 1. The molecule has 1 amide bonds. The average Bonchev–Trinajstić information content (AvgIpc) is 3.06. The Morgan fingerprint density at radius 2 is 1.95 bits per heavy atom. The maximum Gasteiger partial charge on any atom is 0.276 e. The number of fused-ring (bicyclic) bond motifs is 1. The number of anilines is 2. The van der Waals surface area contributed by atoms with Crippen LogP contribution in [0, 0.1) is 0 Å². The highest BCUT2D eigenvalue weighted by Gasteiger charge is 2.21. The molecule has 22 heavy (non-hydrogen) atoms. The van der Waals surface area contributed by atoms with Crippen LogP contribution in [0.15, 0.2) is 18.2 Å². The van der Waals surface area contributed by atoms with Crippen molar-refractivity contribution in [2.75, 3.05) is 17.8 Å². The van der Waals surface area contributed by atoms with E-state index in [0.29, 0.717) is 28.6 Å². The van der Waals surface area contributed by atoms with Crippen molar-refractivity contribution in [1.82, 2.24) is 10.2 Å². The zero-order valence-corrected chi connectivity index (χ0v) is 12.7. The van der Waals surface area contributed by atoms with Gasteiger partial charge in [0.2, 0.25) is 6.79 Å². The van der Waals surface area contributed by atoms with E-state index in [1.165, 1.54) is 0 Å². The van der Waals surface area contributed by atoms with Crippen LogP contribution in [-0.4, -0.2) is 22.9 Å². The van der Waals surface area contributed by atoms with Crippen LogP contribution in [0.3, 0.4) is 0 Å². The van der Waals surface area contributed by atoms with Crippen LogP contribution in [0.4, 0.5) is 11.4 Å². The van der Waals surface area contributed by atoms with Gasteiger partial charge in [0, 0.05) is 23.2 Å². The lowest BCUT2D eigenvalue weighted by molar-refractivity contribution is 0.102. The number of hydrogen-bond acceptors (Lipinski definition) is 5. The first-order valence-corrected chi connectivity index (χ1v) is 6.91. The highest BCUT2D eigenvalue weighted by atomic mass is 16.7. The van der Waals surface area contributed by atoms with Crippen LogP contribution in [0.1, 0.15) is 37.0 Å². The van der Waals surface area contributed by atoms with Gasteiger partial charge < -0.3 is 20.5 Å². The largest absolute Gasteiger partial charge is 0.454 e. The number of benzene rings is 1. The van der Waals surface area contributed by atoms with Gasteiger partial charge in [-0.25, -0.2) is 0 Å². The highest BCUT2D eigenvalue weighted by molar-refractivity contribution is 6.04. The molecule has 0 unspecified atom stereocenters. The molecule has 0 radical (unpaired) electrons. The number of ether oxygens (including phenoxy) is 2. The standard InChI is InChI=1S/C15H18N4O3/c1-15(2,3)13-6-10(18-19-13)14(20)17-9-5-12-11(4-8(9)16)21-7-22-12/h4-6H,7,16H2,1-3H3,(H,17,20)(H,18,19). The first-order valence-electron chi connectivity index (χ1n) is 6.91. The molecule has 0 saturated carbocycles. The zero-order valence-electron chi connectivity index (χ0n) is 12.7. The van der Waals surface area contributed by atoms with Gasteiger partial charge in [-0.1, -0.05) is 20.8 Å². The van der Waals surface area contributed by atoms with Gasteiger partial charge in [0.1, 0.15) is 0 Å². The van der Waals surface area contributed by atoms with E-state index in [9.17, 15) is 4.79 Å². The second kappa shape index (κ2) is 4.94. The quantitative estimate of drug-likeness (QED) is 0.738. The number of H-pyrrole nitrogens is 1. The highest BCUT2D eigenvalue weighted by Crippen LogP contribution is 2.38. The average molecular weight is 302 g/mol. The molecule has 0 atom stereocenters. The summed E-state index contributed by atoms with van der Waals surface area (Å²) in [6, 6.07) is 5.01. The third-order valence-corrected chi connectivity index (χ3v) is 3.41. The lowest BCUT2D eigenvalue weighted by atomic mass is 9.92. The van der Waals surface area contributed by atoms with Crippen molar-refractivity contribution in [3.8, 4) is 11.5 Å². The number of aromatic nitrogens is 2. The number of nitrogen functional groups attached to an aromatic ring is 1. The minimum Gasteiger partial charge on any atom is -0.454 e. The summed E-state index contributed by atoms with van der Waals surface area (Å²) < 4.78 is 10.5. The van der Waals surface area contributed by atoms with E-state index in [1.807, 2.05) is 20.8 Å². The number of nitrogens with two attached hydrogens (primary N) is 1. The fraction of sp³-hybridized carbons (Fsp3) is 0.333. The molecule has 0 fully saturated rings. The number of rotatable bonds is 2. The van der Waals surface area contributed by atoms with Crippen LogP contribution in [0.25, 0.3) is 0 Å². The van der Waals surface area contributed by atoms with Crippen molar-refractivity contribution in [2.45, 2.75) is 26.2 Å². The number of amides is 1. The van der Waals surface area contributed by atoms with Crippen LogP contribution in [0.5, 0.6) is 11.5 Å². The summed E-state index contributed by atoms with van der Waals surface area (Å²) >= 11 is 0. The van der Waals surface area contributed by atoms with E-state index in [1.54, 1.807) is 18.2 Å². The molecule has 7 nitrogen and oxygen atoms in total. The van der Waals surface area contributed by atoms with Gasteiger partial charge in [0.15, 0.2) is 17.2 Å². The molecular formula is C15H18N4O3. The Hall–Kier alpha value is -2.70. The number of hydrogen-bond donors (Lipinski definition) is 3. The first kappa shape index (κ1) is 14.2. The smallest absolute Gasteiger partial charge is 0.276 e. The summed E-state index contributed by atoms with van der Waals surface area (Å²) in [5.41, 5.74) is 7.87. The molecule has 116 valence electrons. The number of nitrogens with one attached hydrogen (secondary N) is 2. The summed E-state index contributed by atoms with van der Waals surface area (Å²) in [7, 11) is 0. The molecule has 1 aliphatic rings. The Labute approximate surface area is 127 Å². The molecule has 1 aliphatic heterocycles. The van der Waals surface area contributed by atoms with Gasteiger partial charge in [0.05, 0.1) is 11.4 Å². The summed E-state index contributed by atoms with van der Waals surface area (Å²) in [5, 5.41) is 9.67. The predicted octanol–water partition coefficient (Wildman–Crippen LogP) is 2.27. The molecule has 0 bridgehead atoms. The Morgan fingerprint density at radius 3 is 2.59 bits per heavy atom. The third kappa shape index (κ3) is 2.57. The third-order valence-electron chi connectivity index (χ3n) is 3.41. The minimum atomic E-state index is -0.336. The van der Waals surface area contributed by atoms with Gasteiger partial charge in [-0.3, -0.25) is 9.89 Å². The van der Waals surface area contributed by atoms with E-state index in [-0.39, 0.29) is 18.1 Å². The molecule has 0 aliphatic carbocycles. The van der Waals surface area contributed by atoms with E-state index in [0.717, 1.165) is 5.69 Å². The van der Waals surface area contributed by atoms with E-state index in [2.05, 4.69) is 15.5 Å². The SMILES string of the molecule is CC(C)(C)c1cc(C(=O)Nc2cc3c(cc2N)OCO3)n[nH]1. The van der Waals surface area contributed by atoms with E-state index in [4.69, 9.17) is 15.2 Å². The van der Waals surface area contributed by atoms with Crippen LogP contribution in [-0.2, 0) is 5.41 Å². The fourth-order valence-electron chi connectivity index (χ4n) is 2.07. The van der Waals surface area contributed by atoms with Gasteiger partial charge in [-0.2, -0.15) is 5.10 Å². The Kier molecular flexibility index (Phi) is 3.20. The summed E-state index contributed by atoms with van der Waals surface area (Å²) in [4.78, 5) is 12.3. The van der Waals surface area contributed by atoms with Crippen molar-refractivity contribution >= 4 is 17.3 Å². The van der Waals surface area contributed by atoms with Gasteiger partial charge in [0.25, 0.3) is 5.91 Å². The molecule has 3 rings (SSSR count). The minimum absolute atomic E-state index is 0.108. The maximum atomic E-state index is 12.3. The Morgan fingerprint density at radius 1 is 1.27 bits per heavy atom. The van der Waals surface area contributed by atoms with Crippen LogP contribution in [0.2, 0.25) is 0 Å². The van der Waals surface area contributed by atoms with Crippen molar-refractivity contribution in [2.24, 2.45) is 0 Å². The molecule has 4 N–H and O–H groups in total. The number of carbonyl (C=O) groups is 1. The number of carbonyl (C=O) groups excluding carboxylic acids is 1. The monoisotopic (exact) mass is 302 g/mol. The second-order valence-corrected chi connectivity index (χ2v) is 6.16. The molecule has 2 heterocycles. The summed E-state index contributed by atoms with van der Waals surface area (Å²) in [5.74, 6) is 0.796. The van der Waals surface area contributed by atoms with Gasteiger partial charge >= 0.3 is 0 Å².